The first-order valence-electron chi connectivity index (χ1n) is 10.3. The van der Waals surface area contributed by atoms with Gasteiger partial charge in [0, 0.05) is 31.8 Å². The molecule has 10 heteroatoms. The summed E-state index contributed by atoms with van der Waals surface area (Å²) in [5, 5.41) is 0. The number of rotatable bonds is 5. The van der Waals surface area contributed by atoms with Gasteiger partial charge in [0.1, 0.15) is 5.75 Å². The Labute approximate surface area is 191 Å². The van der Waals surface area contributed by atoms with E-state index in [1.165, 1.54) is 11.0 Å². The maximum atomic E-state index is 12.5. The normalized spacial score (nSPS) is 15.8. The molecule has 33 heavy (non-hydrogen) atoms. The lowest BCUT2D eigenvalue weighted by Gasteiger charge is -2.38. The summed E-state index contributed by atoms with van der Waals surface area (Å²) >= 11 is 0. The standard InChI is InChI=1S/C23H26N6O4/c1-15-14-28(23(26)32)12-13-29(15)20(30)11-4-16-2-9-19(10-3-16)33-21(31)17-5-7-18(8-6-17)27-22(24)25/h2-11,15H,12-14H2,1H3,(H2,26,32)(H4,24,25,27). The predicted molar refractivity (Wildman–Crippen MR) is 125 cm³/mol. The molecule has 1 aliphatic heterocycles. The van der Waals surface area contributed by atoms with E-state index < -0.39 is 12.0 Å². The van der Waals surface area contributed by atoms with E-state index in [1.54, 1.807) is 59.5 Å². The van der Waals surface area contributed by atoms with Crippen LogP contribution in [0, 0.1) is 0 Å². The molecule has 2 aromatic rings. The second-order valence-corrected chi connectivity index (χ2v) is 7.54. The van der Waals surface area contributed by atoms with Crippen LogP contribution in [0.25, 0.3) is 6.08 Å². The molecule has 1 atom stereocenters. The number of carbonyl (C=O) groups is 3. The molecule has 1 unspecified atom stereocenters. The molecule has 0 aromatic heterocycles. The molecule has 172 valence electrons. The molecule has 1 saturated heterocycles. The van der Waals surface area contributed by atoms with E-state index in [1.807, 2.05) is 6.92 Å². The summed E-state index contributed by atoms with van der Waals surface area (Å²) in [6, 6.07) is 12.5. The molecule has 0 saturated carbocycles. The van der Waals surface area contributed by atoms with Crippen molar-refractivity contribution in [3.8, 4) is 5.75 Å². The fourth-order valence-electron chi connectivity index (χ4n) is 3.38. The number of nitrogens with zero attached hydrogens (tertiary/aromatic N) is 3. The van der Waals surface area contributed by atoms with Gasteiger partial charge in [0.15, 0.2) is 5.96 Å². The van der Waals surface area contributed by atoms with Crippen LogP contribution in [0.3, 0.4) is 0 Å². The highest BCUT2D eigenvalue weighted by Gasteiger charge is 2.27. The van der Waals surface area contributed by atoms with E-state index in [0.717, 1.165) is 5.56 Å². The van der Waals surface area contributed by atoms with Crippen LogP contribution in [-0.4, -0.2) is 59.3 Å². The number of primary amides is 1. The molecular weight excluding hydrogens is 424 g/mol. The van der Waals surface area contributed by atoms with E-state index in [9.17, 15) is 14.4 Å². The van der Waals surface area contributed by atoms with E-state index in [2.05, 4.69) is 4.99 Å². The van der Waals surface area contributed by atoms with Crippen molar-refractivity contribution in [1.29, 1.82) is 0 Å². The fourth-order valence-corrected chi connectivity index (χ4v) is 3.38. The Morgan fingerprint density at radius 2 is 1.67 bits per heavy atom. The van der Waals surface area contributed by atoms with Gasteiger partial charge in [-0.1, -0.05) is 12.1 Å². The topological polar surface area (TPSA) is 157 Å². The molecule has 10 nitrogen and oxygen atoms in total. The molecule has 1 fully saturated rings. The fraction of sp³-hybridized carbons (Fsp3) is 0.217. The van der Waals surface area contributed by atoms with Crippen LogP contribution >= 0.6 is 0 Å². The van der Waals surface area contributed by atoms with E-state index >= 15 is 0 Å². The zero-order valence-electron chi connectivity index (χ0n) is 18.2. The second-order valence-electron chi connectivity index (χ2n) is 7.54. The summed E-state index contributed by atoms with van der Waals surface area (Å²) in [5.41, 5.74) is 17.6. The number of hydrogen-bond acceptors (Lipinski definition) is 5. The Hall–Kier alpha value is -4.34. The van der Waals surface area contributed by atoms with Crippen molar-refractivity contribution < 1.29 is 19.1 Å². The van der Waals surface area contributed by atoms with Gasteiger partial charge in [-0.05, 0) is 55.0 Å². The highest BCUT2D eigenvalue weighted by Crippen LogP contribution is 2.18. The first kappa shape index (κ1) is 23.3. The van der Waals surface area contributed by atoms with Crippen molar-refractivity contribution in [3.63, 3.8) is 0 Å². The maximum Gasteiger partial charge on any atom is 0.343 e. The minimum Gasteiger partial charge on any atom is -0.423 e. The molecular formula is C23H26N6O4. The van der Waals surface area contributed by atoms with E-state index in [-0.39, 0.29) is 17.9 Å². The highest BCUT2D eigenvalue weighted by molar-refractivity contribution is 5.93. The first-order chi connectivity index (χ1) is 15.7. The summed E-state index contributed by atoms with van der Waals surface area (Å²) in [7, 11) is 0. The number of amides is 3. The molecule has 3 amide bonds. The minimum absolute atomic E-state index is 0.0682. The van der Waals surface area contributed by atoms with Gasteiger partial charge in [0.2, 0.25) is 5.91 Å². The Kier molecular flexibility index (Phi) is 7.29. The number of nitrogens with two attached hydrogens (primary N) is 3. The number of aliphatic imine (C=N–C) groups is 1. The smallest absolute Gasteiger partial charge is 0.343 e. The zero-order chi connectivity index (χ0) is 24.0. The molecule has 3 rings (SSSR count). The number of benzene rings is 2. The third kappa shape index (κ3) is 6.33. The SMILES string of the molecule is CC1CN(C(N)=O)CCN1C(=O)C=Cc1ccc(OC(=O)c2ccc(N=C(N)N)cc2)cc1. The number of urea groups is 1. The predicted octanol–water partition coefficient (Wildman–Crippen LogP) is 1.44. The number of esters is 1. The molecule has 0 aliphatic carbocycles. The van der Waals surface area contributed by atoms with Gasteiger partial charge in [-0.2, -0.15) is 0 Å². The molecule has 0 bridgehead atoms. The van der Waals surface area contributed by atoms with E-state index in [4.69, 9.17) is 21.9 Å². The Bertz CT molecular complexity index is 1080. The molecule has 2 aromatic carbocycles. The van der Waals surface area contributed by atoms with Gasteiger partial charge < -0.3 is 31.7 Å². The van der Waals surface area contributed by atoms with Crippen LogP contribution in [-0.2, 0) is 4.79 Å². The molecule has 1 heterocycles. The number of ether oxygens (including phenoxy) is 1. The monoisotopic (exact) mass is 450 g/mol. The van der Waals surface area contributed by atoms with Gasteiger partial charge in [-0.15, -0.1) is 0 Å². The number of carbonyl (C=O) groups excluding carboxylic acids is 3. The molecule has 0 spiro atoms. The van der Waals surface area contributed by atoms with Gasteiger partial charge in [0.25, 0.3) is 0 Å². The summed E-state index contributed by atoms with van der Waals surface area (Å²) in [6.45, 7) is 3.12. The number of piperazine rings is 1. The third-order valence-corrected chi connectivity index (χ3v) is 5.09. The average Bonchev–Trinajstić information content (AvgIpc) is 2.78. The lowest BCUT2D eigenvalue weighted by atomic mass is 10.1. The Morgan fingerprint density at radius 1 is 1.00 bits per heavy atom. The number of hydrogen-bond donors (Lipinski definition) is 3. The molecule has 6 N–H and O–H groups in total. The first-order valence-corrected chi connectivity index (χ1v) is 10.3. The average molecular weight is 450 g/mol. The lowest BCUT2D eigenvalue weighted by Crippen LogP contribution is -2.56. The third-order valence-electron chi connectivity index (χ3n) is 5.09. The summed E-state index contributed by atoms with van der Waals surface area (Å²) in [4.78, 5) is 43.3. The van der Waals surface area contributed by atoms with Crippen LogP contribution in [0.15, 0.2) is 59.6 Å². The summed E-state index contributed by atoms with van der Waals surface area (Å²) in [5.74, 6) is -0.366. The summed E-state index contributed by atoms with van der Waals surface area (Å²) in [6.07, 6.45) is 3.17. The van der Waals surface area contributed by atoms with Gasteiger partial charge >= 0.3 is 12.0 Å². The van der Waals surface area contributed by atoms with Crippen molar-refractivity contribution in [2.75, 3.05) is 19.6 Å². The van der Waals surface area contributed by atoms with Gasteiger partial charge in [0.05, 0.1) is 11.3 Å². The maximum absolute atomic E-state index is 12.5. The largest absolute Gasteiger partial charge is 0.423 e. The van der Waals surface area contributed by atoms with Crippen molar-refractivity contribution in [1.82, 2.24) is 9.80 Å². The van der Waals surface area contributed by atoms with E-state index in [0.29, 0.717) is 36.6 Å². The van der Waals surface area contributed by atoms with Gasteiger partial charge in [-0.25, -0.2) is 14.6 Å². The van der Waals surface area contributed by atoms with Gasteiger partial charge in [-0.3, -0.25) is 4.79 Å². The van der Waals surface area contributed by atoms with Crippen LogP contribution < -0.4 is 21.9 Å². The van der Waals surface area contributed by atoms with Crippen LogP contribution in [0.5, 0.6) is 5.75 Å². The van der Waals surface area contributed by atoms with Crippen molar-refractivity contribution in [2.45, 2.75) is 13.0 Å². The van der Waals surface area contributed by atoms with Crippen molar-refractivity contribution >= 4 is 35.6 Å². The molecule has 1 aliphatic rings. The van der Waals surface area contributed by atoms with Crippen molar-refractivity contribution in [2.24, 2.45) is 22.2 Å². The number of guanidine groups is 1. The minimum atomic E-state index is -0.520. The Morgan fingerprint density at radius 3 is 2.24 bits per heavy atom. The van der Waals surface area contributed by atoms with Crippen LogP contribution in [0.4, 0.5) is 10.5 Å². The quantitative estimate of drug-likeness (QED) is 0.206. The zero-order valence-corrected chi connectivity index (χ0v) is 18.2. The van der Waals surface area contributed by atoms with Crippen LogP contribution in [0.1, 0.15) is 22.8 Å². The highest BCUT2D eigenvalue weighted by atomic mass is 16.5. The lowest BCUT2D eigenvalue weighted by molar-refractivity contribution is -0.129. The molecule has 0 radical (unpaired) electrons. The second kappa shape index (κ2) is 10.3. The Balaban J connectivity index is 1.56. The summed E-state index contributed by atoms with van der Waals surface area (Å²) < 4.78 is 5.37. The van der Waals surface area contributed by atoms with Crippen molar-refractivity contribution in [3.05, 3.63) is 65.7 Å². The van der Waals surface area contributed by atoms with Crippen LogP contribution in [0.2, 0.25) is 0 Å².